The van der Waals surface area contributed by atoms with E-state index in [2.05, 4.69) is 74.3 Å². The van der Waals surface area contributed by atoms with Crippen molar-refractivity contribution in [1.29, 1.82) is 0 Å². The Morgan fingerprint density at radius 2 is 1.72 bits per heavy atom. The zero-order chi connectivity index (χ0) is 17.5. The lowest BCUT2D eigenvalue weighted by Gasteiger charge is -2.34. The Morgan fingerprint density at radius 3 is 2.44 bits per heavy atom. The van der Waals surface area contributed by atoms with Crippen LogP contribution in [0.25, 0.3) is 6.08 Å². The summed E-state index contributed by atoms with van der Waals surface area (Å²) in [5, 5.41) is 0. The smallest absolute Gasteiger partial charge is 0.123 e. The number of nitrogens with zero attached hydrogens (tertiary/aromatic N) is 2. The standard InChI is InChI=1S/C21H25BrN2O/c1-25-21-10-9-20(22)16-19(21)17-24-14-12-23(13-15-24)11-5-8-18-6-3-2-4-7-18/h2-10,16H,11-15,17H2,1H3. The van der Waals surface area contributed by atoms with Gasteiger partial charge in [0.15, 0.2) is 0 Å². The first-order chi connectivity index (χ1) is 12.2. The predicted octanol–water partition coefficient (Wildman–Crippen LogP) is 4.29. The maximum Gasteiger partial charge on any atom is 0.123 e. The molecule has 2 aromatic rings. The summed E-state index contributed by atoms with van der Waals surface area (Å²) >= 11 is 3.56. The third-order valence-corrected chi connectivity index (χ3v) is 5.07. The first kappa shape index (κ1) is 18.2. The maximum absolute atomic E-state index is 5.49. The summed E-state index contributed by atoms with van der Waals surface area (Å²) in [4.78, 5) is 5.01. The van der Waals surface area contributed by atoms with Gasteiger partial charge in [-0.15, -0.1) is 0 Å². The van der Waals surface area contributed by atoms with Crippen molar-refractivity contribution in [3.8, 4) is 5.75 Å². The van der Waals surface area contributed by atoms with Crippen molar-refractivity contribution < 1.29 is 4.74 Å². The summed E-state index contributed by atoms with van der Waals surface area (Å²) in [7, 11) is 1.74. The third-order valence-electron chi connectivity index (χ3n) is 4.57. The van der Waals surface area contributed by atoms with Crippen LogP contribution >= 0.6 is 15.9 Å². The second-order valence-corrected chi connectivity index (χ2v) is 7.26. The topological polar surface area (TPSA) is 15.7 Å². The number of rotatable bonds is 6. The van der Waals surface area contributed by atoms with Crippen LogP contribution in [0.1, 0.15) is 11.1 Å². The van der Waals surface area contributed by atoms with Gasteiger partial charge < -0.3 is 4.74 Å². The molecule has 0 radical (unpaired) electrons. The van der Waals surface area contributed by atoms with Gasteiger partial charge in [-0.2, -0.15) is 0 Å². The van der Waals surface area contributed by atoms with Crippen molar-refractivity contribution in [2.45, 2.75) is 6.54 Å². The summed E-state index contributed by atoms with van der Waals surface area (Å²) < 4.78 is 6.60. The Morgan fingerprint density at radius 1 is 1.00 bits per heavy atom. The van der Waals surface area contributed by atoms with Crippen molar-refractivity contribution in [1.82, 2.24) is 9.80 Å². The van der Waals surface area contributed by atoms with Crippen molar-refractivity contribution in [3.05, 3.63) is 70.2 Å². The van der Waals surface area contributed by atoms with Gasteiger partial charge in [0.05, 0.1) is 7.11 Å². The summed E-state index contributed by atoms with van der Waals surface area (Å²) in [5.41, 5.74) is 2.51. The van der Waals surface area contributed by atoms with E-state index in [1.54, 1.807) is 7.11 Å². The molecule has 25 heavy (non-hydrogen) atoms. The van der Waals surface area contributed by atoms with E-state index in [1.165, 1.54) is 11.1 Å². The minimum Gasteiger partial charge on any atom is -0.496 e. The van der Waals surface area contributed by atoms with Gasteiger partial charge in [-0.1, -0.05) is 58.4 Å². The molecule has 0 saturated carbocycles. The highest BCUT2D eigenvalue weighted by Gasteiger charge is 2.17. The van der Waals surface area contributed by atoms with E-state index >= 15 is 0 Å². The number of ether oxygens (including phenoxy) is 1. The molecule has 0 amide bonds. The van der Waals surface area contributed by atoms with Crippen LogP contribution in [0.5, 0.6) is 5.75 Å². The van der Waals surface area contributed by atoms with Crippen molar-refractivity contribution >= 4 is 22.0 Å². The molecule has 0 atom stereocenters. The fourth-order valence-electron chi connectivity index (χ4n) is 3.14. The molecule has 3 nitrogen and oxygen atoms in total. The molecule has 1 saturated heterocycles. The minimum absolute atomic E-state index is 0.941. The first-order valence-corrected chi connectivity index (χ1v) is 9.52. The van der Waals surface area contributed by atoms with Crippen LogP contribution in [0.15, 0.2) is 59.1 Å². The average Bonchev–Trinajstić information content (AvgIpc) is 2.64. The molecule has 2 aromatic carbocycles. The second-order valence-electron chi connectivity index (χ2n) is 6.35. The van der Waals surface area contributed by atoms with Gasteiger partial charge in [0.1, 0.15) is 5.75 Å². The number of halogens is 1. The van der Waals surface area contributed by atoms with Crippen LogP contribution in [0.4, 0.5) is 0 Å². The Hall–Kier alpha value is -1.62. The lowest BCUT2D eigenvalue weighted by molar-refractivity contribution is 0.136. The monoisotopic (exact) mass is 400 g/mol. The highest BCUT2D eigenvalue weighted by atomic mass is 79.9. The quantitative estimate of drug-likeness (QED) is 0.718. The molecule has 0 unspecified atom stereocenters. The molecule has 1 fully saturated rings. The van der Waals surface area contributed by atoms with Gasteiger partial charge in [-0.3, -0.25) is 9.80 Å². The van der Waals surface area contributed by atoms with Crippen LogP contribution in [-0.4, -0.2) is 49.6 Å². The van der Waals surface area contributed by atoms with Crippen LogP contribution in [0.3, 0.4) is 0 Å². The molecule has 4 heteroatoms. The Kier molecular flexibility index (Phi) is 6.68. The van der Waals surface area contributed by atoms with Crippen molar-refractivity contribution in [3.63, 3.8) is 0 Å². The van der Waals surface area contributed by atoms with Crippen LogP contribution in [0, 0.1) is 0 Å². The van der Waals surface area contributed by atoms with E-state index in [0.29, 0.717) is 0 Å². The molecule has 0 bridgehead atoms. The molecule has 1 heterocycles. The van der Waals surface area contributed by atoms with Gasteiger partial charge in [0.2, 0.25) is 0 Å². The number of benzene rings is 2. The largest absolute Gasteiger partial charge is 0.496 e. The molecule has 0 N–H and O–H groups in total. The molecular weight excluding hydrogens is 376 g/mol. The SMILES string of the molecule is COc1ccc(Br)cc1CN1CCN(CC=Cc2ccccc2)CC1. The molecule has 1 aliphatic rings. The number of hydrogen-bond donors (Lipinski definition) is 0. The molecule has 1 aliphatic heterocycles. The number of hydrogen-bond acceptors (Lipinski definition) is 3. The molecule has 0 aromatic heterocycles. The van der Waals surface area contributed by atoms with Gasteiger partial charge in [0, 0.05) is 49.3 Å². The molecular formula is C21H25BrN2O. The van der Waals surface area contributed by atoms with Gasteiger partial charge in [0.25, 0.3) is 0 Å². The summed E-state index contributed by atoms with van der Waals surface area (Å²) in [6, 6.07) is 16.7. The summed E-state index contributed by atoms with van der Waals surface area (Å²) in [6.45, 7) is 6.35. The van der Waals surface area contributed by atoms with Crippen LogP contribution in [0.2, 0.25) is 0 Å². The lowest BCUT2D eigenvalue weighted by Crippen LogP contribution is -2.45. The van der Waals surface area contributed by atoms with Crippen molar-refractivity contribution in [2.75, 3.05) is 39.8 Å². The highest BCUT2D eigenvalue weighted by Crippen LogP contribution is 2.24. The number of methoxy groups -OCH3 is 1. The van der Waals surface area contributed by atoms with E-state index in [4.69, 9.17) is 4.74 Å². The fraction of sp³-hybridized carbons (Fsp3) is 0.333. The average molecular weight is 401 g/mol. The molecule has 0 aliphatic carbocycles. The van der Waals surface area contributed by atoms with Gasteiger partial charge in [-0.25, -0.2) is 0 Å². The van der Waals surface area contributed by atoms with Gasteiger partial charge >= 0.3 is 0 Å². The van der Waals surface area contributed by atoms with E-state index in [-0.39, 0.29) is 0 Å². The second kappa shape index (κ2) is 9.18. The zero-order valence-corrected chi connectivity index (χ0v) is 16.3. The van der Waals surface area contributed by atoms with Crippen LogP contribution in [-0.2, 0) is 6.54 Å². The predicted molar refractivity (Wildman–Crippen MR) is 108 cm³/mol. The maximum atomic E-state index is 5.49. The summed E-state index contributed by atoms with van der Waals surface area (Å²) in [5.74, 6) is 0.969. The molecule has 3 rings (SSSR count). The zero-order valence-electron chi connectivity index (χ0n) is 14.7. The Balaban J connectivity index is 1.47. The van der Waals surface area contributed by atoms with E-state index in [9.17, 15) is 0 Å². The fourth-order valence-corrected chi connectivity index (χ4v) is 3.55. The van der Waals surface area contributed by atoms with E-state index < -0.39 is 0 Å². The lowest BCUT2D eigenvalue weighted by atomic mass is 10.1. The van der Waals surface area contributed by atoms with Crippen molar-refractivity contribution in [2.24, 2.45) is 0 Å². The Bertz CT molecular complexity index is 694. The minimum atomic E-state index is 0.941. The van der Waals surface area contributed by atoms with Gasteiger partial charge in [-0.05, 0) is 23.8 Å². The molecule has 132 valence electrons. The normalized spacial score (nSPS) is 16.4. The molecule has 0 spiro atoms. The van der Waals surface area contributed by atoms with Crippen LogP contribution < -0.4 is 4.74 Å². The third kappa shape index (κ3) is 5.43. The summed E-state index contributed by atoms with van der Waals surface area (Å²) in [6.07, 6.45) is 4.47. The number of piperazine rings is 1. The van der Waals surface area contributed by atoms with E-state index in [0.717, 1.165) is 49.5 Å². The first-order valence-electron chi connectivity index (χ1n) is 8.73. The Labute approximate surface area is 159 Å². The highest BCUT2D eigenvalue weighted by molar-refractivity contribution is 9.10. The van der Waals surface area contributed by atoms with E-state index in [1.807, 2.05) is 12.1 Å².